The maximum absolute atomic E-state index is 13.2. The van der Waals surface area contributed by atoms with Crippen molar-refractivity contribution in [2.45, 2.75) is 27.2 Å². The van der Waals surface area contributed by atoms with E-state index in [1.165, 1.54) is 12.1 Å². The second-order valence-corrected chi connectivity index (χ2v) is 7.86. The van der Waals surface area contributed by atoms with Crippen LogP contribution in [0.15, 0.2) is 46.9 Å². The predicted octanol–water partition coefficient (Wildman–Crippen LogP) is 4.46. The van der Waals surface area contributed by atoms with E-state index in [2.05, 4.69) is 31.7 Å². The summed E-state index contributed by atoms with van der Waals surface area (Å²) in [7, 11) is 0. The van der Waals surface area contributed by atoms with Gasteiger partial charge in [0.25, 0.3) is 5.91 Å². The van der Waals surface area contributed by atoms with Crippen LogP contribution in [0.25, 0.3) is 5.69 Å². The number of nitrogens with zero attached hydrogens (tertiary/aromatic N) is 2. The first-order valence-corrected chi connectivity index (χ1v) is 10.2. The van der Waals surface area contributed by atoms with E-state index >= 15 is 0 Å². The van der Waals surface area contributed by atoms with Gasteiger partial charge in [0.05, 0.1) is 22.6 Å². The Balaban J connectivity index is 1.62. The maximum atomic E-state index is 13.2. The summed E-state index contributed by atoms with van der Waals surface area (Å²) in [5.74, 6) is -0.827. The SMILES string of the molecule is Cc1ccc(Br)cc1NC(=O)CCNC(=O)c1c(C)nn(-c2ccc(F)cc2)c1C. The van der Waals surface area contributed by atoms with E-state index in [4.69, 9.17) is 0 Å². The first-order chi connectivity index (χ1) is 14.3. The van der Waals surface area contributed by atoms with Gasteiger partial charge in [0.2, 0.25) is 5.91 Å². The van der Waals surface area contributed by atoms with Gasteiger partial charge in [-0.15, -0.1) is 0 Å². The van der Waals surface area contributed by atoms with Crippen LogP contribution in [0.3, 0.4) is 0 Å². The van der Waals surface area contributed by atoms with Gasteiger partial charge in [0.15, 0.2) is 0 Å². The molecule has 30 heavy (non-hydrogen) atoms. The number of rotatable bonds is 6. The number of aryl methyl sites for hydroxylation is 2. The Morgan fingerprint density at radius 1 is 1.10 bits per heavy atom. The normalized spacial score (nSPS) is 10.7. The topological polar surface area (TPSA) is 76.0 Å². The molecular formula is C22H22BrFN4O2. The van der Waals surface area contributed by atoms with Crippen molar-refractivity contribution in [3.63, 3.8) is 0 Å². The molecule has 156 valence electrons. The Hall–Kier alpha value is -3.00. The van der Waals surface area contributed by atoms with Gasteiger partial charge in [0.1, 0.15) is 5.82 Å². The fraction of sp³-hybridized carbons (Fsp3) is 0.227. The van der Waals surface area contributed by atoms with Crippen LogP contribution < -0.4 is 10.6 Å². The van der Waals surface area contributed by atoms with Crippen LogP contribution in [-0.4, -0.2) is 28.1 Å². The van der Waals surface area contributed by atoms with Crippen molar-refractivity contribution in [2.24, 2.45) is 0 Å². The van der Waals surface area contributed by atoms with Gasteiger partial charge in [0, 0.05) is 23.1 Å². The molecule has 1 heterocycles. The average Bonchev–Trinajstić information content (AvgIpc) is 2.99. The Morgan fingerprint density at radius 3 is 2.50 bits per heavy atom. The summed E-state index contributed by atoms with van der Waals surface area (Å²) in [6, 6.07) is 11.5. The fourth-order valence-electron chi connectivity index (χ4n) is 3.12. The van der Waals surface area contributed by atoms with Crippen LogP contribution in [-0.2, 0) is 4.79 Å². The highest BCUT2D eigenvalue weighted by Crippen LogP contribution is 2.21. The molecule has 0 unspecified atom stereocenters. The lowest BCUT2D eigenvalue weighted by Crippen LogP contribution is -2.28. The number of hydrogen-bond acceptors (Lipinski definition) is 3. The molecule has 3 rings (SSSR count). The van der Waals surface area contributed by atoms with Crippen LogP contribution >= 0.6 is 15.9 Å². The molecule has 2 amide bonds. The number of aromatic nitrogens is 2. The van der Waals surface area contributed by atoms with Crippen LogP contribution in [0.2, 0.25) is 0 Å². The van der Waals surface area contributed by atoms with Gasteiger partial charge in [-0.2, -0.15) is 5.10 Å². The lowest BCUT2D eigenvalue weighted by Gasteiger charge is -2.10. The Morgan fingerprint density at radius 2 is 1.80 bits per heavy atom. The molecule has 0 fully saturated rings. The van der Waals surface area contributed by atoms with E-state index in [0.717, 1.165) is 15.7 Å². The number of halogens is 2. The third kappa shape index (κ3) is 4.94. The number of amides is 2. The highest BCUT2D eigenvalue weighted by Gasteiger charge is 2.19. The maximum Gasteiger partial charge on any atom is 0.255 e. The number of benzene rings is 2. The molecule has 0 radical (unpaired) electrons. The molecule has 0 saturated carbocycles. The number of carbonyl (C=O) groups is 2. The number of carbonyl (C=O) groups excluding carboxylic acids is 2. The van der Waals surface area contributed by atoms with E-state index in [1.54, 1.807) is 30.7 Å². The third-order valence-corrected chi connectivity index (χ3v) is 5.19. The lowest BCUT2D eigenvalue weighted by molar-refractivity contribution is -0.116. The zero-order chi connectivity index (χ0) is 21.8. The molecule has 0 aliphatic carbocycles. The Labute approximate surface area is 182 Å². The second kappa shape index (κ2) is 9.21. The summed E-state index contributed by atoms with van der Waals surface area (Å²) in [6.45, 7) is 5.62. The largest absolute Gasteiger partial charge is 0.351 e. The van der Waals surface area contributed by atoms with E-state index < -0.39 is 0 Å². The zero-order valence-corrected chi connectivity index (χ0v) is 18.5. The second-order valence-electron chi connectivity index (χ2n) is 6.95. The highest BCUT2D eigenvalue weighted by molar-refractivity contribution is 9.10. The summed E-state index contributed by atoms with van der Waals surface area (Å²) >= 11 is 3.38. The van der Waals surface area contributed by atoms with Crippen molar-refractivity contribution in [2.75, 3.05) is 11.9 Å². The molecular weight excluding hydrogens is 451 g/mol. The van der Waals surface area contributed by atoms with Crippen LogP contribution in [0.1, 0.15) is 33.7 Å². The molecule has 6 nitrogen and oxygen atoms in total. The highest BCUT2D eigenvalue weighted by atomic mass is 79.9. The summed E-state index contributed by atoms with van der Waals surface area (Å²) in [5, 5.41) is 10.0. The molecule has 0 saturated heterocycles. The van der Waals surface area contributed by atoms with Gasteiger partial charge in [-0.25, -0.2) is 9.07 Å². The monoisotopic (exact) mass is 472 g/mol. The quantitative estimate of drug-likeness (QED) is 0.555. The number of hydrogen-bond donors (Lipinski definition) is 2. The fourth-order valence-corrected chi connectivity index (χ4v) is 3.49. The summed E-state index contributed by atoms with van der Waals surface area (Å²) in [5.41, 5.74) is 4.00. The number of anilines is 1. The third-order valence-electron chi connectivity index (χ3n) is 4.70. The van der Waals surface area contributed by atoms with Crippen molar-refractivity contribution in [1.29, 1.82) is 0 Å². The van der Waals surface area contributed by atoms with E-state index in [1.807, 2.05) is 25.1 Å². The molecule has 2 N–H and O–H groups in total. The lowest BCUT2D eigenvalue weighted by atomic mass is 10.1. The first kappa shape index (κ1) is 21.7. The smallest absolute Gasteiger partial charge is 0.255 e. The van der Waals surface area contributed by atoms with Crippen LogP contribution in [0.5, 0.6) is 0 Å². The zero-order valence-electron chi connectivity index (χ0n) is 16.9. The standard InChI is InChI=1S/C22H22BrFN4O2/c1-13-4-5-16(23)12-19(13)26-20(29)10-11-25-22(30)21-14(2)27-28(15(21)3)18-8-6-17(24)7-9-18/h4-9,12H,10-11H2,1-3H3,(H,25,30)(H,26,29). The van der Waals surface area contributed by atoms with Crippen molar-refractivity contribution < 1.29 is 14.0 Å². The van der Waals surface area contributed by atoms with E-state index in [9.17, 15) is 14.0 Å². The van der Waals surface area contributed by atoms with Gasteiger partial charge in [-0.1, -0.05) is 22.0 Å². The molecule has 0 bridgehead atoms. The van der Waals surface area contributed by atoms with Gasteiger partial charge >= 0.3 is 0 Å². The van der Waals surface area contributed by atoms with Gasteiger partial charge < -0.3 is 10.6 Å². The average molecular weight is 473 g/mol. The van der Waals surface area contributed by atoms with Crippen molar-refractivity contribution in [1.82, 2.24) is 15.1 Å². The minimum absolute atomic E-state index is 0.141. The van der Waals surface area contributed by atoms with Crippen molar-refractivity contribution >= 4 is 33.4 Å². The summed E-state index contributed by atoms with van der Waals surface area (Å²) < 4.78 is 15.7. The Bertz CT molecular complexity index is 1090. The van der Waals surface area contributed by atoms with E-state index in [0.29, 0.717) is 22.6 Å². The molecule has 0 atom stereocenters. The number of nitrogens with one attached hydrogen (secondary N) is 2. The molecule has 0 aliphatic heterocycles. The molecule has 0 spiro atoms. The Kier molecular flexibility index (Phi) is 6.66. The van der Waals surface area contributed by atoms with Gasteiger partial charge in [-0.05, 0) is 62.7 Å². The molecule has 8 heteroatoms. The minimum Gasteiger partial charge on any atom is -0.351 e. The molecule has 0 aliphatic rings. The summed E-state index contributed by atoms with van der Waals surface area (Å²) in [6.07, 6.45) is 0.141. The summed E-state index contributed by atoms with van der Waals surface area (Å²) in [4.78, 5) is 24.9. The van der Waals surface area contributed by atoms with Crippen molar-refractivity contribution in [3.8, 4) is 5.69 Å². The van der Waals surface area contributed by atoms with Crippen LogP contribution in [0, 0.1) is 26.6 Å². The van der Waals surface area contributed by atoms with Crippen LogP contribution in [0.4, 0.5) is 10.1 Å². The predicted molar refractivity (Wildman–Crippen MR) is 117 cm³/mol. The first-order valence-electron chi connectivity index (χ1n) is 9.42. The van der Waals surface area contributed by atoms with Crippen molar-refractivity contribution in [3.05, 3.63) is 75.3 Å². The van der Waals surface area contributed by atoms with Gasteiger partial charge in [-0.3, -0.25) is 9.59 Å². The van der Waals surface area contributed by atoms with E-state index in [-0.39, 0.29) is 30.6 Å². The molecule has 1 aromatic heterocycles. The molecule has 2 aromatic carbocycles. The minimum atomic E-state index is -0.338. The molecule has 3 aromatic rings.